The minimum Gasteiger partial charge on any atom is -0.449 e. The lowest BCUT2D eigenvalue weighted by molar-refractivity contribution is -0.117. The van der Waals surface area contributed by atoms with E-state index in [1.807, 2.05) is 25.1 Å². The van der Waals surface area contributed by atoms with Crippen LogP contribution in [0.2, 0.25) is 0 Å². The highest BCUT2D eigenvalue weighted by atomic mass is 32.2. The van der Waals surface area contributed by atoms with Gasteiger partial charge >= 0.3 is 6.09 Å². The largest absolute Gasteiger partial charge is 0.449 e. The molecular weight excluding hydrogens is 404 g/mol. The van der Waals surface area contributed by atoms with Gasteiger partial charge in [0.15, 0.2) is 9.84 Å². The number of carbonyl (C=O) groups excluding carboxylic acids is 2. The molecule has 2 amide bonds. The number of carbonyl (C=O) groups is 2. The molecule has 2 aromatic rings. The molecule has 1 unspecified atom stereocenters. The molecule has 0 bridgehead atoms. The molecular formula is C22H26N2O5S. The maximum atomic E-state index is 12.6. The first-order valence-corrected chi connectivity index (χ1v) is 11.6. The Morgan fingerprint density at radius 2 is 1.67 bits per heavy atom. The van der Waals surface area contributed by atoms with E-state index in [0.29, 0.717) is 17.9 Å². The Hall–Kier alpha value is -2.87. The van der Waals surface area contributed by atoms with Gasteiger partial charge in [-0.2, -0.15) is 0 Å². The van der Waals surface area contributed by atoms with Gasteiger partial charge in [-0.05, 0) is 49.2 Å². The summed E-state index contributed by atoms with van der Waals surface area (Å²) in [6, 6.07) is 12.0. The normalized spacial score (nSPS) is 16.2. The molecule has 0 radical (unpaired) electrons. The van der Waals surface area contributed by atoms with E-state index >= 15 is 0 Å². The summed E-state index contributed by atoms with van der Waals surface area (Å²) >= 11 is 0. The van der Waals surface area contributed by atoms with Crippen LogP contribution < -0.4 is 9.80 Å². The summed E-state index contributed by atoms with van der Waals surface area (Å²) in [6.07, 6.45) is -0.463. The van der Waals surface area contributed by atoms with Crippen LogP contribution in [0.3, 0.4) is 0 Å². The van der Waals surface area contributed by atoms with E-state index in [1.54, 1.807) is 47.9 Å². The van der Waals surface area contributed by atoms with Crippen molar-refractivity contribution in [2.75, 3.05) is 28.7 Å². The van der Waals surface area contributed by atoms with Crippen LogP contribution in [0.4, 0.5) is 16.2 Å². The molecule has 0 aliphatic carbocycles. The van der Waals surface area contributed by atoms with Crippen LogP contribution in [0.5, 0.6) is 0 Å². The Morgan fingerprint density at radius 3 is 2.23 bits per heavy atom. The van der Waals surface area contributed by atoms with Gasteiger partial charge in [-0.3, -0.25) is 9.69 Å². The Balaban J connectivity index is 2.07. The highest BCUT2D eigenvalue weighted by Crippen LogP contribution is 2.39. The van der Waals surface area contributed by atoms with E-state index in [1.165, 1.54) is 6.92 Å². The molecule has 0 saturated heterocycles. The lowest BCUT2D eigenvalue weighted by atomic mass is 10.0. The summed E-state index contributed by atoms with van der Waals surface area (Å²) in [5.41, 5.74) is 2.85. The fraction of sp³-hybridized carbons (Fsp3) is 0.364. The molecule has 8 heteroatoms. The predicted octanol–water partition coefficient (Wildman–Crippen LogP) is 3.87. The molecule has 30 heavy (non-hydrogen) atoms. The number of ether oxygens (including phenoxy) is 1. The minimum absolute atomic E-state index is 0.0404. The zero-order chi connectivity index (χ0) is 22.1. The molecule has 0 spiro atoms. The van der Waals surface area contributed by atoms with Crippen molar-refractivity contribution in [3.05, 3.63) is 42.5 Å². The molecule has 1 aliphatic heterocycles. The zero-order valence-corrected chi connectivity index (χ0v) is 18.4. The lowest BCUT2D eigenvalue weighted by Gasteiger charge is -2.40. The van der Waals surface area contributed by atoms with Crippen LogP contribution in [0, 0.1) is 0 Å². The summed E-state index contributed by atoms with van der Waals surface area (Å²) in [5, 5.41) is 0. The summed E-state index contributed by atoms with van der Waals surface area (Å²) in [6.45, 7) is 7.32. The van der Waals surface area contributed by atoms with Crippen molar-refractivity contribution in [2.45, 2.75) is 38.6 Å². The Kier molecular flexibility index (Phi) is 6.17. The van der Waals surface area contributed by atoms with Crippen LogP contribution in [-0.4, -0.2) is 45.4 Å². The molecule has 0 fully saturated rings. The minimum atomic E-state index is -3.27. The first-order valence-electron chi connectivity index (χ1n) is 9.91. The van der Waals surface area contributed by atoms with Crippen molar-refractivity contribution >= 4 is 33.2 Å². The van der Waals surface area contributed by atoms with Crippen LogP contribution in [0.15, 0.2) is 47.4 Å². The molecule has 1 heterocycles. The number of benzene rings is 2. The predicted molar refractivity (Wildman–Crippen MR) is 117 cm³/mol. The maximum absolute atomic E-state index is 12.6. The van der Waals surface area contributed by atoms with Gasteiger partial charge in [0, 0.05) is 13.5 Å². The van der Waals surface area contributed by atoms with Gasteiger partial charge in [0.05, 0.1) is 34.7 Å². The number of nitrogens with zero attached hydrogens (tertiary/aromatic N) is 2. The molecule has 0 aromatic heterocycles. The Morgan fingerprint density at radius 1 is 1.03 bits per heavy atom. The fourth-order valence-electron chi connectivity index (χ4n) is 3.68. The van der Waals surface area contributed by atoms with E-state index in [-0.39, 0.29) is 29.2 Å². The smallest absolute Gasteiger partial charge is 0.414 e. The number of rotatable bonds is 4. The summed E-state index contributed by atoms with van der Waals surface area (Å²) < 4.78 is 29.3. The molecule has 0 saturated carbocycles. The van der Waals surface area contributed by atoms with Gasteiger partial charge in [0.1, 0.15) is 0 Å². The number of amides is 2. The number of hydrogen-bond donors (Lipinski definition) is 0. The van der Waals surface area contributed by atoms with Gasteiger partial charge in [0.25, 0.3) is 0 Å². The molecule has 160 valence electrons. The number of fused-ring (bicyclic) bond motifs is 1. The summed E-state index contributed by atoms with van der Waals surface area (Å²) in [4.78, 5) is 28.3. The summed E-state index contributed by atoms with van der Waals surface area (Å²) in [5.74, 6) is -0.0622. The number of sulfone groups is 1. The SMILES string of the molecule is CCOC(=O)N1CC(C)N(C(C)=O)c2ccc(-c3ccc(S(=O)(=O)CC)cc3)cc21. The average molecular weight is 431 g/mol. The van der Waals surface area contributed by atoms with Crippen LogP contribution in [0.25, 0.3) is 11.1 Å². The topological polar surface area (TPSA) is 84.0 Å². The second-order valence-electron chi connectivity index (χ2n) is 7.18. The Labute approximate surface area is 177 Å². The third-order valence-electron chi connectivity index (χ3n) is 5.17. The number of anilines is 2. The van der Waals surface area contributed by atoms with E-state index in [2.05, 4.69) is 0 Å². The van der Waals surface area contributed by atoms with Crippen molar-refractivity contribution in [1.82, 2.24) is 0 Å². The van der Waals surface area contributed by atoms with E-state index in [4.69, 9.17) is 4.74 Å². The molecule has 2 aromatic carbocycles. The second kappa shape index (κ2) is 8.47. The molecule has 1 aliphatic rings. The molecule has 7 nitrogen and oxygen atoms in total. The standard InChI is InChI=1S/C22H26N2O5S/c1-5-29-22(26)23-14-15(3)24(16(4)25)20-12-9-18(13-21(20)23)17-7-10-19(11-8-17)30(27,28)6-2/h7-13,15H,5-6,14H2,1-4H3. The van der Waals surface area contributed by atoms with Crippen LogP contribution in [0.1, 0.15) is 27.7 Å². The van der Waals surface area contributed by atoms with Crippen molar-refractivity contribution in [3.8, 4) is 11.1 Å². The quantitative estimate of drug-likeness (QED) is 0.735. The first-order chi connectivity index (χ1) is 14.2. The molecule has 0 N–H and O–H groups in total. The average Bonchev–Trinajstić information content (AvgIpc) is 2.72. The van der Waals surface area contributed by atoms with Gasteiger partial charge in [-0.25, -0.2) is 13.2 Å². The van der Waals surface area contributed by atoms with Crippen molar-refractivity contribution in [2.24, 2.45) is 0 Å². The van der Waals surface area contributed by atoms with Crippen molar-refractivity contribution in [3.63, 3.8) is 0 Å². The third kappa shape index (κ3) is 4.05. The molecule has 1 atom stereocenters. The first kappa shape index (κ1) is 21.8. The monoisotopic (exact) mass is 430 g/mol. The highest BCUT2D eigenvalue weighted by Gasteiger charge is 2.34. The Bertz CT molecular complexity index is 1060. The van der Waals surface area contributed by atoms with Gasteiger partial charge in [-0.1, -0.05) is 25.1 Å². The fourth-order valence-corrected chi connectivity index (χ4v) is 4.56. The molecule has 3 rings (SSSR count). The van der Waals surface area contributed by atoms with Crippen molar-refractivity contribution in [1.29, 1.82) is 0 Å². The van der Waals surface area contributed by atoms with Gasteiger partial charge in [-0.15, -0.1) is 0 Å². The van der Waals surface area contributed by atoms with E-state index < -0.39 is 15.9 Å². The van der Waals surface area contributed by atoms with Crippen molar-refractivity contribution < 1.29 is 22.7 Å². The number of hydrogen-bond acceptors (Lipinski definition) is 5. The van der Waals surface area contributed by atoms with Gasteiger partial charge < -0.3 is 9.64 Å². The lowest BCUT2D eigenvalue weighted by Crippen LogP contribution is -2.51. The van der Waals surface area contributed by atoms with E-state index in [0.717, 1.165) is 11.1 Å². The maximum Gasteiger partial charge on any atom is 0.414 e. The van der Waals surface area contributed by atoms with E-state index in [9.17, 15) is 18.0 Å². The summed E-state index contributed by atoms with van der Waals surface area (Å²) in [7, 11) is -3.27. The highest BCUT2D eigenvalue weighted by molar-refractivity contribution is 7.91. The third-order valence-corrected chi connectivity index (χ3v) is 6.92. The zero-order valence-electron chi connectivity index (χ0n) is 17.6. The van der Waals surface area contributed by atoms with Gasteiger partial charge in [0.2, 0.25) is 5.91 Å². The van der Waals surface area contributed by atoms with Crippen LogP contribution in [-0.2, 0) is 19.4 Å². The van der Waals surface area contributed by atoms with Crippen LogP contribution >= 0.6 is 0 Å². The second-order valence-corrected chi connectivity index (χ2v) is 9.46.